The number of aryl methyl sites for hydroxylation is 1. The molecule has 2 rings (SSSR count). The second kappa shape index (κ2) is 5.46. The summed E-state index contributed by atoms with van der Waals surface area (Å²) >= 11 is 8.82. The summed E-state index contributed by atoms with van der Waals surface area (Å²) in [5.41, 5.74) is 12.5. The minimum Gasteiger partial charge on any atom is -0.397 e. The lowest BCUT2D eigenvalue weighted by atomic mass is 10.1. The molecule has 0 heterocycles. The van der Waals surface area contributed by atoms with Gasteiger partial charge >= 0.3 is 0 Å². The monoisotopic (exact) mass is 361 g/mol. The van der Waals surface area contributed by atoms with E-state index in [0.717, 1.165) is 0 Å². The zero-order valence-electron chi connectivity index (χ0n) is 10.4. The summed E-state index contributed by atoms with van der Waals surface area (Å²) in [7, 11) is 0. The van der Waals surface area contributed by atoms with Gasteiger partial charge in [0.1, 0.15) is 10.8 Å². The van der Waals surface area contributed by atoms with Crippen molar-refractivity contribution < 1.29 is 8.78 Å². The highest BCUT2D eigenvalue weighted by Gasteiger charge is 2.16. The molecule has 106 valence electrons. The van der Waals surface area contributed by atoms with Gasteiger partial charge in [0.25, 0.3) is 0 Å². The van der Waals surface area contributed by atoms with Crippen LogP contribution in [0.1, 0.15) is 5.56 Å². The Labute approximate surface area is 128 Å². The largest absolute Gasteiger partial charge is 0.397 e. The van der Waals surface area contributed by atoms with Gasteiger partial charge < -0.3 is 16.8 Å². The van der Waals surface area contributed by atoms with Crippen LogP contribution in [0.15, 0.2) is 22.7 Å². The molecule has 0 spiro atoms. The highest BCUT2D eigenvalue weighted by atomic mass is 79.9. The van der Waals surface area contributed by atoms with Gasteiger partial charge in [0.15, 0.2) is 5.82 Å². The van der Waals surface area contributed by atoms with Crippen molar-refractivity contribution in [3.63, 3.8) is 0 Å². The number of benzene rings is 2. The Balaban J connectivity index is 2.51. The first-order valence-corrected chi connectivity index (χ1v) is 6.74. The minimum absolute atomic E-state index is 0.00538. The van der Waals surface area contributed by atoms with Crippen LogP contribution in [0.2, 0.25) is 5.02 Å². The molecule has 0 atom stereocenters. The predicted octanol–water partition coefficient (Wildman–Crippen LogP) is 4.60. The molecule has 2 aromatic rings. The quantitative estimate of drug-likeness (QED) is 0.684. The van der Waals surface area contributed by atoms with Gasteiger partial charge in [0.05, 0.1) is 21.5 Å². The molecule has 0 aromatic heterocycles. The number of nitrogen functional groups attached to an aromatic ring is 2. The summed E-state index contributed by atoms with van der Waals surface area (Å²) in [5.74, 6) is -1.15. The van der Waals surface area contributed by atoms with E-state index < -0.39 is 11.6 Å². The molecule has 0 aliphatic rings. The van der Waals surface area contributed by atoms with Crippen LogP contribution in [0, 0.1) is 18.6 Å². The molecule has 0 fully saturated rings. The average Bonchev–Trinajstić information content (AvgIpc) is 2.38. The maximum Gasteiger partial charge on any atom is 0.169 e. The van der Waals surface area contributed by atoms with E-state index in [0.29, 0.717) is 11.3 Å². The normalized spacial score (nSPS) is 10.7. The summed E-state index contributed by atoms with van der Waals surface area (Å²) in [4.78, 5) is 0. The smallest absolute Gasteiger partial charge is 0.169 e. The van der Waals surface area contributed by atoms with Crippen molar-refractivity contribution in [3.05, 3.63) is 44.9 Å². The lowest BCUT2D eigenvalue weighted by molar-refractivity contribution is 0.620. The topological polar surface area (TPSA) is 64.1 Å². The molecule has 20 heavy (non-hydrogen) atoms. The van der Waals surface area contributed by atoms with Crippen LogP contribution in [-0.2, 0) is 0 Å². The average molecular weight is 363 g/mol. The molecule has 0 unspecified atom stereocenters. The fourth-order valence-electron chi connectivity index (χ4n) is 1.71. The van der Waals surface area contributed by atoms with Crippen molar-refractivity contribution in [2.45, 2.75) is 6.92 Å². The van der Waals surface area contributed by atoms with Crippen molar-refractivity contribution in [2.75, 3.05) is 16.8 Å². The lowest BCUT2D eigenvalue weighted by Crippen LogP contribution is -2.04. The number of rotatable bonds is 2. The molecule has 3 nitrogen and oxygen atoms in total. The molecular weight excluding hydrogens is 352 g/mol. The Kier molecular flexibility index (Phi) is 4.06. The van der Waals surface area contributed by atoms with Crippen LogP contribution < -0.4 is 16.8 Å². The van der Waals surface area contributed by atoms with E-state index in [1.165, 1.54) is 18.2 Å². The van der Waals surface area contributed by atoms with E-state index in [9.17, 15) is 8.78 Å². The summed E-state index contributed by atoms with van der Waals surface area (Å²) in [5, 5.41) is 2.60. The molecule has 0 aliphatic carbocycles. The molecule has 2 aromatic carbocycles. The first-order valence-electron chi connectivity index (χ1n) is 5.57. The number of nitrogens with two attached hydrogens (primary N) is 2. The Hall–Kier alpha value is -1.53. The van der Waals surface area contributed by atoms with Crippen LogP contribution >= 0.6 is 27.5 Å². The number of halogens is 4. The summed E-state index contributed by atoms with van der Waals surface area (Å²) in [6, 6.07) is 4.18. The van der Waals surface area contributed by atoms with Crippen molar-refractivity contribution in [1.29, 1.82) is 0 Å². The van der Waals surface area contributed by atoms with E-state index in [-0.39, 0.29) is 26.6 Å². The summed E-state index contributed by atoms with van der Waals surface area (Å²) in [6.45, 7) is 1.69. The third-order valence-corrected chi connectivity index (χ3v) is 3.78. The Morgan fingerprint density at radius 1 is 1.15 bits per heavy atom. The number of nitrogens with one attached hydrogen (secondary N) is 1. The molecule has 0 saturated carbocycles. The SMILES string of the molecule is Cc1cc(F)c(Br)cc1Nc1c(N)cc(N)c(Cl)c1F. The van der Waals surface area contributed by atoms with Crippen molar-refractivity contribution in [2.24, 2.45) is 0 Å². The molecule has 0 radical (unpaired) electrons. The van der Waals surface area contributed by atoms with Gasteiger partial charge in [-0.1, -0.05) is 11.6 Å². The number of hydrogen-bond acceptors (Lipinski definition) is 3. The fraction of sp³-hybridized carbons (Fsp3) is 0.0769. The van der Waals surface area contributed by atoms with E-state index >= 15 is 0 Å². The van der Waals surface area contributed by atoms with Crippen LogP contribution in [-0.4, -0.2) is 0 Å². The maximum absolute atomic E-state index is 14.1. The molecular formula is C13H11BrClF2N3. The molecule has 5 N–H and O–H groups in total. The Bertz CT molecular complexity index is 692. The van der Waals surface area contributed by atoms with Crippen molar-refractivity contribution in [3.8, 4) is 0 Å². The fourth-order valence-corrected chi connectivity index (χ4v) is 2.20. The second-order valence-electron chi connectivity index (χ2n) is 4.26. The van der Waals surface area contributed by atoms with Gasteiger partial charge in [-0.25, -0.2) is 8.78 Å². The lowest BCUT2D eigenvalue weighted by Gasteiger charge is -2.15. The van der Waals surface area contributed by atoms with E-state index in [2.05, 4.69) is 21.2 Å². The highest BCUT2D eigenvalue weighted by molar-refractivity contribution is 9.10. The molecule has 0 saturated heterocycles. The van der Waals surface area contributed by atoms with E-state index in [1.807, 2.05) is 0 Å². The molecule has 7 heteroatoms. The van der Waals surface area contributed by atoms with Crippen LogP contribution in [0.3, 0.4) is 0 Å². The number of hydrogen-bond donors (Lipinski definition) is 3. The molecule has 0 aliphatic heterocycles. The Morgan fingerprint density at radius 3 is 2.45 bits per heavy atom. The summed E-state index contributed by atoms with van der Waals surface area (Å²) in [6.07, 6.45) is 0. The van der Waals surface area contributed by atoms with Gasteiger partial charge in [-0.2, -0.15) is 0 Å². The number of anilines is 4. The summed E-state index contributed by atoms with van der Waals surface area (Å²) < 4.78 is 27.7. The van der Waals surface area contributed by atoms with Gasteiger partial charge in [-0.3, -0.25) is 0 Å². The first-order chi connectivity index (χ1) is 9.31. The molecule has 0 amide bonds. The van der Waals surface area contributed by atoms with Crippen LogP contribution in [0.5, 0.6) is 0 Å². The minimum atomic E-state index is -0.746. The van der Waals surface area contributed by atoms with Crippen LogP contribution in [0.25, 0.3) is 0 Å². The van der Waals surface area contributed by atoms with Gasteiger partial charge in [-0.15, -0.1) is 0 Å². The third-order valence-electron chi connectivity index (χ3n) is 2.79. The maximum atomic E-state index is 14.1. The highest BCUT2D eigenvalue weighted by Crippen LogP contribution is 2.36. The third kappa shape index (κ3) is 2.66. The van der Waals surface area contributed by atoms with Gasteiger partial charge in [0.2, 0.25) is 0 Å². The predicted molar refractivity (Wildman–Crippen MR) is 82.4 cm³/mol. The van der Waals surface area contributed by atoms with Gasteiger partial charge in [0, 0.05) is 5.69 Å². The van der Waals surface area contributed by atoms with Gasteiger partial charge in [-0.05, 0) is 46.6 Å². The van der Waals surface area contributed by atoms with Crippen LogP contribution in [0.4, 0.5) is 31.5 Å². The standard InChI is InChI=1S/C13H11BrClF2N3/c1-5-2-7(16)6(14)3-10(5)20-13-9(19)4-8(18)11(15)12(13)17/h2-4,20H,18-19H2,1H3. The molecule has 0 bridgehead atoms. The zero-order chi connectivity index (χ0) is 15.0. The second-order valence-corrected chi connectivity index (χ2v) is 5.50. The van der Waals surface area contributed by atoms with E-state index in [1.54, 1.807) is 6.92 Å². The zero-order valence-corrected chi connectivity index (χ0v) is 12.7. The van der Waals surface area contributed by atoms with Crippen molar-refractivity contribution >= 4 is 50.3 Å². The Morgan fingerprint density at radius 2 is 1.80 bits per heavy atom. The first kappa shape index (κ1) is 14.9. The van der Waals surface area contributed by atoms with Crippen molar-refractivity contribution in [1.82, 2.24) is 0 Å². The van der Waals surface area contributed by atoms with E-state index in [4.69, 9.17) is 23.1 Å².